The fourth-order valence-corrected chi connectivity index (χ4v) is 1.42. The highest BCUT2D eigenvalue weighted by atomic mass is 16.8. The van der Waals surface area contributed by atoms with Gasteiger partial charge in [-0.1, -0.05) is 13.8 Å². The van der Waals surface area contributed by atoms with Crippen LogP contribution in [0.15, 0.2) is 0 Å². The first-order valence-electron chi connectivity index (χ1n) is 3.91. The van der Waals surface area contributed by atoms with Crippen molar-refractivity contribution < 1.29 is 14.2 Å². The van der Waals surface area contributed by atoms with Crippen LogP contribution < -0.4 is 0 Å². The second-order valence-electron chi connectivity index (χ2n) is 3.06. The average Bonchev–Trinajstić information content (AvgIpc) is 2.30. The molecule has 1 rings (SSSR count). The van der Waals surface area contributed by atoms with Gasteiger partial charge in [-0.2, -0.15) is 0 Å². The molecule has 0 aromatic heterocycles. The van der Waals surface area contributed by atoms with Crippen molar-refractivity contribution in [1.82, 2.24) is 0 Å². The van der Waals surface area contributed by atoms with E-state index in [1.54, 1.807) is 14.2 Å². The molecule has 0 amide bonds. The molecule has 1 aliphatic heterocycles. The standard InChI is InChI=1S/C8H16O3/c1-5-6(2)8(10-4)11-7(5)9-3/h5-8H,1-4H3. The third-order valence-electron chi connectivity index (χ3n) is 2.42. The van der Waals surface area contributed by atoms with Gasteiger partial charge in [-0.25, -0.2) is 0 Å². The van der Waals surface area contributed by atoms with Gasteiger partial charge in [0, 0.05) is 26.1 Å². The summed E-state index contributed by atoms with van der Waals surface area (Å²) in [5.41, 5.74) is 0. The number of rotatable bonds is 2. The summed E-state index contributed by atoms with van der Waals surface area (Å²) in [6, 6.07) is 0. The largest absolute Gasteiger partial charge is 0.355 e. The molecule has 0 aromatic carbocycles. The Bertz CT molecular complexity index is 109. The Hall–Kier alpha value is -0.120. The summed E-state index contributed by atoms with van der Waals surface area (Å²) in [6.07, 6.45) is -0.204. The fraction of sp³-hybridized carbons (Fsp3) is 1.00. The topological polar surface area (TPSA) is 27.7 Å². The Kier molecular flexibility index (Phi) is 2.87. The van der Waals surface area contributed by atoms with Crippen LogP contribution in [0.3, 0.4) is 0 Å². The molecule has 11 heavy (non-hydrogen) atoms. The van der Waals surface area contributed by atoms with Crippen molar-refractivity contribution in [2.75, 3.05) is 14.2 Å². The molecule has 4 unspecified atom stereocenters. The molecule has 3 heteroatoms. The molecule has 1 aliphatic rings. The van der Waals surface area contributed by atoms with Crippen molar-refractivity contribution in [3.63, 3.8) is 0 Å². The second kappa shape index (κ2) is 3.52. The van der Waals surface area contributed by atoms with Crippen LogP contribution in [-0.4, -0.2) is 26.8 Å². The molecule has 1 saturated heterocycles. The lowest BCUT2D eigenvalue weighted by atomic mass is 9.98. The highest BCUT2D eigenvalue weighted by Gasteiger charge is 2.39. The minimum Gasteiger partial charge on any atom is -0.355 e. The van der Waals surface area contributed by atoms with Crippen LogP contribution in [-0.2, 0) is 14.2 Å². The van der Waals surface area contributed by atoms with E-state index in [2.05, 4.69) is 13.8 Å². The van der Waals surface area contributed by atoms with Crippen LogP contribution >= 0.6 is 0 Å². The minimum absolute atomic E-state index is 0.102. The van der Waals surface area contributed by atoms with Crippen LogP contribution in [0.25, 0.3) is 0 Å². The molecule has 0 N–H and O–H groups in total. The third-order valence-corrected chi connectivity index (χ3v) is 2.42. The van der Waals surface area contributed by atoms with Gasteiger partial charge in [0.25, 0.3) is 0 Å². The summed E-state index contributed by atoms with van der Waals surface area (Å²) in [5.74, 6) is 0.815. The summed E-state index contributed by atoms with van der Waals surface area (Å²) in [5, 5.41) is 0. The highest BCUT2D eigenvalue weighted by molar-refractivity contribution is 4.75. The summed E-state index contributed by atoms with van der Waals surface area (Å²) in [4.78, 5) is 0. The van der Waals surface area contributed by atoms with Crippen LogP contribution in [0.2, 0.25) is 0 Å². The second-order valence-corrected chi connectivity index (χ2v) is 3.06. The van der Waals surface area contributed by atoms with E-state index >= 15 is 0 Å². The van der Waals surface area contributed by atoms with Crippen LogP contribution in [0.1, 0.15) is 13.8 Å². The number of ether oxygens (including phenoxy) is 3. The van der Waals surface area contributed by atoms with Crippen molar-refractivity contribution in [2.45, 2.75) is 26.4 Å². The van der Waals surface area contributed by atoms with Crippen LogP contribution in [0.4, 0.5) is 0 Å². The molecule has 0 radical (unpaired) electrons. The first kappa shape index (κ1) is 8.97. The highest BCUT2D eigenvalue weighted by Crippen LogP contribution is 2.32. The third kappa shape index (κ3) is 1.55. The Balaban J connectivity index is 2.53. The molecule has 0 saturated carbocycles. The van der Waals surface area contributed by atoms with Crippen molar-refractivity contribution in [3.8, 4) is 0 Å². The maximum absolute atomic E-state index is 5.44. The van der Waals surface area contributed by atoms with Crippen molar-refractivity contribution in [2.24, 2.45) is 11.8 Å². The van der Waals surface area contributed by atoms with E-state index in [4.69, 9.17) is 14.2 Å². The van der Waals surface area contributed by atoms with E-state index in [0.717, 1.165) is 0 Å². The Morgan fingerprint density at radius 2 is 1.27 bits per heavy atom. The monoisotopic (exact) mass is 160 g/mol. The molecule has 0 spiro atoms. The lowest BCUT2D eigenvalue weighted by Crippen LogP contribution is -2.17. The zero-order valence-corrected chi connectivity index (χ0v) is 7.53. The summed E-state index contributed by atoms with van der Waals surface area (Å²) >= 11 is 0. The van der Waals surface area contributed by atoms with Gasteiger partial charge in [0.2, 0.25) is 0 Å². The van der Waals surface area contributed by atoms with Gasteiger partial charge in [0.1, 0.15) is 0 Å². The van der Waals surface area contributed by atoms with Gasteiger partial charge in [-0.15, -0.1) is 0 Å². The quantitative estimate of drug-likeness (QED) is 0.608. The molecule has 1 fully saturated rings. The number of hydrogen-bond donors (Lipinski definition) is 0. The summed E-state index contributed by atoms with van der Waals surface area (Å²) in [6.45, 7) is 4.22. The van der Waals surface area contributed by atoms with Crippen LogP contribution in [0, 0.1) is 11.8 Å². The first-order chi connectivity index (χ1) is 5.20. The Morgan fingerprint density at radius 1 is 0.909 bits per heavy atom. The van der Waals surface area contributed by atoms with Crippen molar-refractivity contribution in [1.29, 1.82) is 0 Å². The number of methoxy groups -OCH3 is 2. The zero-order chi connectivity index (χ0) is 8.43. The van der Waals surface area contributed by atoms with Gasteiger partial charge in [0.05, 0.1) is 0 Å². The lowest BCUT2D eigenvalue weighted by Gasteiger charge is -2.12. The smallest absolute Gasteiger partial charge is 0.163 e. The van der Waals surface area contributed by atoms with E-state index in [1.165, 1.54) is 0 Å². The van der Waals surface area contributed by atoms with Crippen molar-refractivity contribution >= 4 is 0 Å². The molecular weight excluding hydrogens is 144 g/mol. The average molecular weight is 160 g/mol. The maximum atomic E-state index is 5.44. The van der Waals surface area contributed by atoms with E-state index in [1.807, 2.05) is 0 Å². The van der Waals surface area contributed by atoms with Gasteiger partial charge in [-0.05, 0) is 0 Å². The summed E-state index contributed by atoms with van der Waals surface area (Å²) < 4.78 is 15.7. The van der Waals surface area contributed by atoms with E-state index in [0.29, 0.717) is 11.8 Å². The zero-order valence-electron chi connectivity index (χ0n) is 7.53. The van der Waals surface area contributed by atoms with Crippen molar-refractivity contribution in [3.05, 3.63) is 0 Å². The van der Waals surface area contributed by atoms with E-state index in [-0.39, 0.29) is 12.6 Å². The molecule has 4 atom stereocenters. The van der Waals surface area contributed by atoms with E-state index < -0.39 is 0 Å². The predicted molar refractivity (Wildman–Crippen MR) is 41.0 cm³/mol. The van der Waals surface area contributed by atoms with E-state index in [9.17, 15) is 0 Å². The SMILES string of the molecule is COC1OC(OC)C(C)C1C. The van der Waals surface area contributed by atoms with Gasteiger partial charge >= 0.3 is 0 Å². The molecule has 0 bridgehead atoms. The molecule has 0 aromatic rings. The minimum atomic E-state index is -0.102. The van der Waals surface area contributed by atoms with Gasteiger partial charge in [-0.3, -0.25) is 0 Å². The predicted octanol–water partition coefficient (Wildman–Crippen LogP) is 1.23. The molecule has 66 valence electrons. The summed E-state index contributed by atoms with van der Waals surface area (Å²) in [7, 11) is 3.32. The van der Waals surface area contributed by atoms with Crippen LogP contribution in [0.5, 0.6) is 0 Å². The lowest BCUT2D eigenvalue weighted by molar-refractivity contribution is -0.196. The maximum Gasteiger partial charge on any atom is 0.163 e. The normalized spacial score (nSPS) is 44.7. The van der Waals surface area contributed by atoms with Gasteiger partial charge < -0.3 is 14.2 Å². The molecule has 1 heterocycles. The molecule has 0 aliphatic carbocycles. The van der Waals surface area contributed by atoms with Gasteiger partial charge in [0.15, 0.2) is 12.6 Å². The Labute approximate surface area is 67.6 Å². The Morgan fingerprint density at radius 3 is 1.45 bits per heavy atom. The molecule has 3 nitrogen and oxygen atoms in total. The first-order valence-corrected chi connectivity index (χ1v) is 3.91. The molecular formula is C8H16O3. The number of hydrogen-bond acceptors (Lipinski definition) is 3. The fourth-order valence-electron chi connectivity index (χ4n) is 1.42.